The van der Waals surface area contributed by atoms with Gasteiger partial charge in [-0.3, -0.25) is 0 Å². The first kappa shape index (κ1) is 37.3. The maximum Gasteiger partial charge on any atom is 0.409 e. The first-order valence-corrected chi connectivity index (χ1v) is 17.7. The second kappa shape index (κ2) is 32.5. The van der Waals surface area contributed by atoms with Crippen LogP contribution in [0.15, 0.2) is 0 Å². The van der Waals surface area contributed by atoms with Crippen LogP contribution in [0.1, 0.15) is 201 Å². The summed E-state index contributed by atoms with van der Waals surface area (Å²) in [6, 6.07) is 0. The highest BCUT2D eigenvalue weighted by atomic mass is 16.6. The summed E-state index contributed by atoms with van der Waals surface area (Å²) in [7, 11) is 0. The summed E-state index contributed by atoms with van der Waals surface area (Å²) >= 11 is 0. The minimum absolute atomic E-state index is 0.100. The smallest absolute Gasteiger partial charge is 0.409 e. The zero-order valence-corrected chi connectivity index (χ0v) is 26.7. The third-order valence-electron chi connectivity index (χ3n) is 8.09. The lowest BCUT2D eigenvalue weighted by atomic mass is 10.0. The normalized spacial score (nSPS) is 11.2. The molecule has 0 aliphatic rings. The van der Waals surface area contributed by atoms with Crippen LogP contribution in [0.5, 0.6) is 0 Å². The zero-order valence-electron chi connectivity index (χ0n) is 26.7. The van der Waals surface area contributed by atoms with Gasteiger partial charge >= 0.3 is 6.09 Å². The van der Waals surface area contributed by atoms with Crippen LogP contribution in [0.25, 0.3) is 0 Å². The van der Waals surface area contributed by atoms with Crippen LogP contribution in [0, 0.1) is 0 Å². The third kappa shape index (κ3) is 28.3. The Labute approximate surface area is 240 Å². The van der Waals surface area contributed by atoms with Gasteiger partial charge in [-0.25, -0.2) is 4.79 Å². The molecule has 0 aliphatic carbocycles. The molecule has 38 heavy (non-hydrogen) atoms. The molecule has 0 aromatic carbocycles. The molecule has 0 fully saturated rings. The second-order valence-corrected chi connectivity index (χ2v) is 11.9. The second-order valence-electron chi connectivity index (χ2n) is 11.9. The largest absolute Gasteiger partial charge is 0.450 e. The van der Waals surface area contributed by atoms with Crippen LogP contribution in [0.2, 0.25) is 0 Å². The van der Waals surface area contributed by atoms with Crippen molar-refractivity contribution < 1.29 is 9.53 Å². The number of nitrogens with zero attached hydrogens (tertiary/aromatic N) is 1. The summed E-state index contributed by atoms with van der Waals surface area (Å²) in [6.07, 6.45) is 38.3. The Morgan fingerprint density at radius 2 is 0.632 bits per heavy atom. The first-order chi connectivity index (χ1) is 18.8. The van der Waals surface area contributed by atoms with E-state index >= 15 is 0 Å². The van der Waals surface area contributed by atoms with Crippen LogP contribution < -0.4 is 0 Å². The molecule has 0 saturated carbocycles. The fraction of sp³-hybridized carbons (Fsp3) is 0.971. The summed E-state index contributed by atoms with van der Waals surface area (Å²) in [4.78, 5) is 14.4. The monoisotopic (exact) mass is 538 g/mol. The summed E-state index contributed by atoms with van der Waals surface area (Å²) in [5.41, 5.74) is 0. The van der Waals surface area contributed by atoms with Gasteiger partial charge in [0.2, 0.25) is 0 Å². The molecule has 0 unspecified atom stereocenters. The van der Waals surface area contributed by atoms with Crippen molar-refractivity contribution >= 4 is 6.09 Å². The first-order valence-electron chi connectivity index (χ1n) is 17.7. The molecule has 0 rings (SSSR count). The van der Waals surface area contributed by atoms with Gasteiger partial charge in [0, 0.05) is 13.1 Å². The van der Waals surface area contributed by atoms with Crippen molar-refractivity contribution in [3.8, 4) is 0 Å². The number of hydrogen-bond donors (Lipinski definition) is 0. The molecule has 3 heteroatoms. The number of hydrogen-bond acceptors (Lipinski definition) is 2. The number of carbonyl (C=O) groups is 1. The van der Waals surface area contributed by atoms with Crippen molar-refractivity contribution in [2.45, 2.75) is 201 Å². The van der Waals surface area contributed by atoms with Gasteiger partial charge in [0.05, 0.1) is 6.61 Å². The molecule has 228 valence electrons. The number of rotatable bonds is 31. The number of amides is 1. The highest BCUT2D eigenvalue weighted by molar-refractivity contribution is 5.67. The molecule has 0 radical (unpaired) electrons. The van der Waals surface area contributed by atoms with Gasteiger partial charge in [-0.15, -0.1) is 0 Å². The molecule has 0 aliphatic heterocycles. The molecule has 0 heterocycles. The Morgan fingerprint density at radius 1 is 0.395 bits per heavy atom. The lowest BCUT2D eigenvalue weighted by Crippen LogP contribution is -2.33. The Morgan fingerprint density at radius 3 is 0.868 bits per heavy atom. The Hall–Kier alpha value is -0.730. The van der Waals surface area contributed by atoms with Crippen molar-refractivity contribution in [3.05, 3.63) is 0 Å². The molecular formula is C35H71NO2. The lowest BCUT2D eigenvalue weighted by Gasteiger charge is -2.22. The van der Waals surface area contributed by atoms with Crippen LogP contribution in [-0.2, 0) is 4.74 Å². The SMILES string of the molecule is CCCCCCCCCCCCCCCCN(CCCCCCCCCCCCCCCC)C(=O)OCC. The van der Waals surface area contributed by atoms with E-state index in [0.29, 0.717) is 6.61 Å². The Kier molecular flexibility index (Phi) is 31.9. The molecule has 0 atom stereocenters. The Bertz CT molecular complexity index is 421. The van der Waals surface area contributed by atoms with Crippen molar-refractivity contribution in [3.63, 3.8) is 0 Å². The highest BCUT2D eigenvalue weighted by Crippen LogP contribution is 2.15. The van der Waals surface area contributed by atoms with Crippen molar-refractivity contribution in [2.24, 2.45) is 0 Å². The molecule has 0 aromatic rings. The highest BCUT2D eigenvalue weighted by Gasteiger charge is 2.13. The molecule has 1 amide bonds. The predicted molar refractivity (Wildman–Crippen MR) is 169 cm³/mol. The summed E-state index contributed by atoms with van der Waals surface area (Å²) in [5.74, 6) is 0. The van der Waals surface area contributed by atoms with E-state index in [4.69, 9.17) is 4.74 Å². The minimum atomic E-state index is -0.100. The van der Waals surface area contributed by atoms with E-state index in [0.717, 1.165) is 25.9 Å². The van der Waals surface area contributed by atoms with Gasteiger partial charge in [-0.2, -0.15) is 0 Å². The third-order valence-corrected chi connectivity index (χ3v) is 8.09. The van der Waals surface area contributed by atoms with E-state index in [1.54, 1.807) is 0 Å². The molecule has 0 bridgehead atoms. The molecular weight excluding hydrogens is 466 g/mol. The molecule has 3 nitrogen and oxygen atoms in total. The minimum Gasteiger partial charge on any atom is -0.450 e. The standard InChI is InChI=1S/C35H71NO2/c1-4-7-9-11-13-15-17-19-21-23-25-27-29-31-33-36(35(37)38-6-3)34-32-30-28-26-24-22-20-18-16-14-12-10-8-5-2/h4-34H2,1-3H3. The van der Waals surface area contributed by atoms with Gasteiger partial charge in [-0.1, -0.05) is 181 Å². The summed E-state index contributed by atoms with van der Waals surface area (Å²) < 4.78 is 5.33. The van der Waals surface area contributed by atoms with Crippen LogP contribution >= 0.6 is 0 Å². The van der Waals surface area contributed by atoms with Crippen LogP contribution in [0.4, 0.5) is 4.79 Å². The molecule has 0 spiro atoms. The quantitative estimate of drug-likeness (QED) is 0.0823. The maximum atomic E-state index is 12.4. The van der Waals surface area contributed by atoms with Gasteiger partial charge in [0.25, 0.3) is 0 Å². The maximum absolute atomic E-state index is 12.4. The van der Waals surface area contributed by atoms with E-state index in [2.05, 4.69) is 13.8 Å². The summed E-state index contributed by atoms with van der Waals surface area (Å²) in [5, 5.41) is 0. The van der Waals surface area contributed by atoms with Gasteiger partial charge < -0.3 is 9.64 Å². The molecule has 0 saturated heterocycles. The average molecular weight is 538 g/mol. The van der Waals surface area contributed by atoms with E-state index in [9.17, 15) is 4.79 Å². The Balaban J connectivity index is 3.61. The lowest BCUT2D eigenvalue weighted by molar-refractivity contribution is 0.105. The fourth-order valence-electron chi connectivity index (χ4n) is 5.50. The van der Waals surface area contributed by atoms with Crippen molar-refractivity contribution in [1.82, 2.24) is 4.90 Å². The zero-order chi connectivity index (χ0) is 27.8. The van der Waals surface area contributed by atoms with E-state index in [1.165, 1.54) is 167 Å². The van der Waals surface area contributed by atoms with E-state index < -0.39 is 0 Å². The number of unbranched alkanes of at least 4 members (excludes halogenated alkanes) is 26. The average Bonchev–Trinajstić information content (AvgIpc) is 2.92. The predicted octanol–water partition coefficient (Wildman–Crippen LogP) is 12.4. The number of ether oxygens (including phenoxy) is 1. The fourth-order valence-corrected chi connectivity index (χ4v) is 5.50. The topological polar surface area (TPSA) is 29.5 Å². The van der Waals surface area contributed by atoms with Gasteiger partial charge in [0.15, 0.2) is 0 Å². The van der Waals surface area contributed by atoms with Crippen LogP contribution in [-0.4, -0.2) is 30.7 Å². The molecule has 0 aromatic heterocycles. The van der Waals surface area contributed by atoms with E-state index in [1.807, 2.05) is 11.8 Å². The van der Waals surface area contributed by atoms with Crippen LogP contribution in [0.3, 0.4) is 0 Å². The van der Waals surface area contributed by atoms with Crippen molar-refractivity contribution in [2.75, 3.05) is 19.7 Å². The van der Waals surface area contributed by atoms with E-state index in [-0.39, 0.29) is 6.09 Å². The van der Waals surface area contributed by atoms with Gasteiger partial charge in [-0.05, 0) is 19.8 Å². The molecule has 0 N–H and O–H groups in total. The van der Waals surface area contributed by atoms with Gasteiger partial charge in [0.1, 0.15) is 0 Å². The number of carbonyl (C=O) groups excluding carboxylic acids is 1. The summed E-state index contributed by atoms with van der Waals surface area (Å²) in [6.45, 7) is 8.71. The van der Waals surface area contributed by atoms with Crippen molar-refractivity contribution in [1.29, 1.82) is 0 Å².